The molecule has 0 radical (unpaired) electrons. The van der Waals surface area contributed by atoms with Crippen molar-refractivity contribution in [1.29, 1.82) is 0 Å². The van der Waals surface area contributed by atoms with E-state index >= 15 is 0 Å². The average Bonchev–Trinajstić information content (AvgIpc) is 2.82. The van der Waals surface area contributed by atoms with Crippen LogP contribution in [0.15, 0.2) is 47.3 Å². The number of amides is 2. The van der Waals surface area contributed by atoms with Crippen molar-refractivity contribution in [2.75, 3.05) is 13.1 Å². The normalized spacial score (nSPS) is 17.9. The summed E-state index contributed by atoms with van der Waals surface area (Å²) in [7, 11) is 0. The van der Waals surface area contributed by atoms with Gasteiger partial charge < -0.3 is 9.80 Å². The van der Waals surface area contributed by atoms with E-state index < -0.39 is 0 Å². The van der Waals surface area contributed by atoms with Crippen LogP contribution < -0.4 is 5.56 Å². The molecule has 1 aliphatic heterocycles. The highest BCUT2D eigenvalue weighted by molar-refractivity contribution is 5.92. The molecule has 2 heterocycles. The van der Waals surface area contributed by atoms with Crippen molar-refractivity contribution >= 4 is 11.8 Å². The molecule has 1 saturated heterocycles. The topological polar surface area (TPSA) is 86.4 Å². The molecule has 1 N–H and O–H groups in total. The van der Waals surface area contributed by atoms with E-state index in [1.165, 1.54) is 12.1 Å². The molecule has 0 spiro atoms. The second kappa shape index (κ2) is 7.95. The fraction of sp³-hybridized carbons (Fsp3) is 0.368. The molecule has 0 unspecified atom stereocenters. The van der Waals surface area contributed by atoms with Crippen LogP contribution in [0, 0.1) is 0 Å². The molecule has 1 atom stereocenters. The van der Waals surface area contributed by atoms with E-state index in [2.05, 4.69) is 10.2 Å². The molecule has 1 fully saturated rings. The summed E-state index contributed by atoms with van der Waals surface area (Å²) >= 11 is 0. The fourth-order valence-corrected chi connectivity index (χ4v) is 3.18. The van der Waals surface area contributed by atoms with E-state index in [0.29, 0.717) is 19.6 Å². The monoisotopic (exact) mass is 354 g/mol. The first-order valence-electron chi connectivity index (χ1n) is 8.77. The van der Waals surface area contributed by atoms with Crippen LogP contribution >= 0.6 is 0 Å². The molecule has 2 amide bonds. The highest BCUT2D eigenvalue weighted by Gasteiger charge is 2.31. The van der Waals surface area contributed by atoms with Gasteiger partial charge in [-0.05, 0) is 18.1 Å². The van der Waals surface area contributed by atoms with Gasteiger partial charge in [0.1, 0.15) is 5.69 Å². The Balaban J connectivity index is 1.78. The van der Waals surface area contributed by atoms with Crippen molar-refractivity contribution in [3.8, 4) is 0 Å². The molecule has 0 bridgehead atoms. The highest BCUT2D eigenvalue weighted by atomic mass is 16.2. The first-order chi connectivity index (χ1) is 12.6. The Morgan fingerprint density at radius 1 is 1.19 bits per heavy atom. The number of hydrogen-bond acceptors (Lipinski definition) is 4. The number of carbonyl (C=O) groups is 2. The first-order valence-corrected chi connectivity index (χ1v) is 8.77. The van der Waals surface area contributed by atoms with Gasteiger partial charge in [-0.1, -0.05) is 37.3 Å². The van der Waals surface area contributed by atoms with Gasteiger partial charge in [0.2, 0.25) is 5.91 Å². The highest BCUT2D eigenvalue weighted by Crippen LogP contribution is 2.18. The Morgan fingerprint density at radius 2 is 1.96 bits per heavy atom. The summed E-state index contributed by atoms with van der Waals surface area (Å²) in [5.41, 5.74) is 0.901. The predicted octanol–water partition coefficient (Wildman–Crippen LogP) is 1.42. The van der Waals surface area contributed by atoms with E-state index in [-0.39, 0.29) is 35.5 Å². The van der Waals surface area contributed by atoms with Gasteiger partial charge in [-0.15, -0.1) is 0 Å². The Hall–Kier alpha value is -2.96. The van der Waals surface area contributed by atoms with Gasteiger partial charge in [-0.2, -0.15) is 5.10 Å². The summed E-state index contributed by atoms with van der Waals surface area (Å²) in [4.78, 5) is 40.0. The summed E-state index contributed by atoms with van der Waals surface area (Å²) in [6.07, 6.45) is 1.03. The number of hydrogen-bond donors (Lipinski definition) is 1. The van der Waals surface area contributed by atoms with Gasteiger partial charge in [-0.3, -0.25) is 14.4 Å². The van der Waals surface area contributed by atoms with Crippen molar-refractivity contribution in [3.63, 3.8) is 0 Å². The number of nitrogens with zero attached hydrogens (tertiary/aromatic N) is 3. The number of carbonyl (C=O) groups excluding carboxylic acids is 2. The molecule has 1 aromatic heterocycles. The number of rotatable bonds is 4. The molecule has 136 valence electrons. The summed E-state index contributed by atoms with van der Waals surface area (Å²) in [5, 5.41) is 6.09. The maximum Gasteiger partial charge on any atom is 0.274 e. The Kier molecular flexibility index (Phi) is 5.46. The van der Waals surface area contributed by atoms with Gasteiger partial charge in [-0.25, -0.2) is 5.10 Å². The van der Waals surface area contributed by atoms with Crippen LogP contribution in [0.4, 0.5) is 0 Å². The van der Waals surface area contributed by atoms with Crippen LogP contribution in [0.5, 0.6) is 0 Å². The van der Waals surface area contributed by atoms with E-state index in [1.54, 1.807) is 4.90 Å². The minimum absolute atomic E-state index is 0.0467. The number of aromatic nitrogens is 2. The van der Waals surface area contributed by atoms with E-state index in [1.807, 2.05) is 42.2 Å². The quantitative estimate of drug-likeness (QED) is 0.900. The number of benzene rings is 1. The molecular weight excluding hydrogens is 332 g/mol. The maximum atomic E-state index is 12.7. The predicted molar refractivity (Wildman–Crippen MR) is 96.4 cm³/mol. The second-order valence-electron chi connectivity index (χ2n) is 6.38. The van der Waals surface area contributed by atoms with Gasteiger partial charge in [0.15, 0.2) is 0 Å². The minimum Gasteiger partial charge on any atom is -0.335 e. The smallest absolute Gasteiger partial charge is 0.274 e. The lowest BCUT2D eigenvalue weighted by Crippen LogP contribution is -2.44. The molecule has 0 saturated carbocycles. The van der Waals surface area contributed by atoms with E-state index in [4.69, 9.17) is 0 Å². The first kappa shape index (κ1) is 17.8. The van der Waals surface area contributed by atoms with Crippen molar-refractivity contribution in [2.24, 2.45) is 0 Å². The Labute approximate surface area is 151 Å². The Morgan fingerprint density at radius 3 is 2.62 bits per heavy atom. The molecule has 3 rings (SSSR count). The second-order valence-corrected chi connectivity index (χ2v) is 6.38. The molecule has 2 aromatic rings. The summed E-state index contributed by atoms with van der Waals surface area (Å²) in [6, 6.07) is 12.5. The molecule has 26 heavy (non-hydrogen) atoms. The SMILES string of the molecule is CC[C@H]1CN(C(=O)c2ccc(=O)[nH]n2)CCC(=O)N1Cc1ccccc1. The third-order valence-corrected chi connectivity index (χ3v) is 4.64. The van der Waals surface area contributed by atoms with Crippen LogP contribution in [0.2, 0.25) is 0 Å². The minimum atomic E-state index is -0.354. The largest absolute Gasteiger partial charge is 0.335 e. The number of aromatic amines is 1. The molecule has 0 aliphatic carbocycles. The van der Waals surface area contributed by atoms with Crippen molar-refractivity contribution < 1.29 is 9.59 Å². The van der Waals surface area contributed by atoms with Crippen LogP contribution in [0.1, 0.15) is 35.8 Å². The third kappa shape index (κ3) is 3.99. The van der Waals surface area contributed by atoms with E-state index in [9.17, 15) is 14.4 Å². The zero-order valence-corrected chi connectivity index (χ0v) is 14.7. The van der Waals surface area contributed by atoms with Crippen molar-refractivity contribution in [1.82, 2.24) is 20.0 Å². The lowest BCUT2D eigenvalue weighted by atomic mass is 10.1. The lowest BCUT2D eigenvalue weighted by molar-refractivity contribution is -0.133. The van der Waals surface area contributed by atoms with Gasteiger partial charge >= 0.3 is 0 Å². The molecule has 1 aromatic carbocycles. The Bertz CT molecular complexity index is 814. The molecular formula is C19H22N4O3. The van der Waals surface area contributed by atoms with Crippen LogP contribution in [0.3, 0.4) is 0 Å². The standard InChI is InChI=1S/C19H22N4O3/c1-2-15-13-22(19(26)16-8-9-17(24)21-20-16)11-10-18(25)23(15)12-14-6-4-3-5-7-14/h3-9,15H,2,10-13H2,1H3,(H,21,24)/t15-/m0/s1. The number of nitrogens with one attached hydrogen (secondary N) is 1. The molecule has 1 aliphatic rings. The molecule has 7 heteroatoms. The average molecular weight is 354 g/mol. The van der Waals surface area contributed by atoms with Crippen LogP contribution in [-0.2, 0) is 11.3 Å². The van der Waals surface area contributed by atoms with Crippen LogP contribution in [-0.4, -0.2) is 50.9 Å². The zero-order valence-electron chi connectivity index (χ0n) is 14.7. The van der Waals surface area contributed by atoms with Crippen molar-refractivity contribution in [3.05, 3.63) is 64.1 Å². The zero-order chi connectivity index (χ0) is 18.5. The van der Waals surface area contributed by atoms with Crippen molar-refractivity contribution in [2.45, 2.75) is 32.4 Å². The lowest BCUT2D eigenvalue weighted by Gasteiger charge is -2.31. The van der Waals surface area contributed by atoms with E-state index in [0.717, 1.165) is 12.0 Å². The van der Waals surface area contributed by atoms with Gasteiger partial charge in [0.25, 0.3) is 11.5 Å². The summed E-state index contributed by atoms with van der Waals surface area (Å²) < 4.78 is 0. The summed E-state index contributed by atoms with van der Waals surface area (Å²) in [6.45, 7) is 3.36. The third-order valence-electron chi connectivity index (χ3n) is 4.64. The molecule has 7 nitrogen and oxygen atoms in total. The van der Waals surface area contributed by atoms with Gasteiger partial charge in [0, 0.05) is 38.2 Å². The fourth-order valence-electron chi connectivity index (χ4n) is 3.18. The van der Waals surface area contributed by atoms with Gasteiger partial charge in [0.05, 0.1) is 0 Å². The van der Waals surface area contributed by atoms with Crippen LogP contribution in [0.25, 0.3) is 0 Å². The number of H-pyrrole nitrogens is 1. The maximum absolute atomic E-state index is 12.7. The summed E-state index contributed by atoms with van der Waals surface area (Å²) in [5.74, 6) is -0.223.